The highest BCUT2D eigenvalue weighted by Crippen LogP contribution is 2.18. The highest BCUT2D eigenvalue weighted by Gasteiger charge is 2.17. The summed E-state index contributed by atoms with van der Waals surface area (Å²) in [4.78, 5) is 24.4. The van der Waals surface area contributed by atoms with Gasteiger partial charge in [-0.05, 0) is 24.6 Å². The molecule has 0 atom stereocenters. The molecule has 0 fully saturated rings. The average Bonchev–Trinajstić information content (AvgIpc) is 3.14. The van der Waals surface area contributed by atoms with Crippen molar-refractivity contribution >= 4 is 11.8 Å². The lowest BCUT2D eigenvalue weighted by Gasteiger charge is -2.07. The van der Waals surface area contributed by atoms with Crippen molar-refractivity contribution in [3.8, 4) is 11.4 Å². The first kappa shape index (κ1) is 20.1. The molecule has 8 nitrogen and oxygen atoms in total. The van der Waals surface area contributed by atoms with E-state index >= 15 is 0 Å². The quantitative estimate of drug-likeness (QED) is 0.610. The van der Waals surface area contributed by atoms with Gasteiger partial charge in [0.1, 0.15) is 5.75 Å². The van der Waals surface area contributed by atoms with E-state index in [1.807, 2.05) is 48.5 Å². The van der Waals surface area contributed by atoms with Crippen molar-refractivity contribution in [1.29, 1.82) is 0 Å². The molecule has 0 bridgehead atoms. The van der Waals surface area contributed by atoms with Crippen LogP contribution in [0.5, 0.6) is 5.75 Å². The van der Waals surface area contributed by atoms with Gasteiger partial charge in [-0.2, -0.15) is 0 Å². The third-order valence-corrected chi connectivity index (χ3v) is 4.38. The molecule has 150 valence electrons. The number of hydrogen-bond donors (Lipinski definition) is 2. The molecule has 3 aromatic rings. The molecule has 0 aliphatic rings. The standard InChI is InChI=1S/C21H23N5O3/c1-15-20(24-25-26(15)17-9-6-10-18(13-17)29-2)21(28)22-12-11-19(27)23-14-16-7-4-3-5-8-16/h3-10,13H,11-12,14H2,1-2H3,(H,22,28)(H,23,27). The molecule has 0 spiro atoms. The molecule has 0 saturated heterocycles. The highest BCUT2D eigenvalue weighted by atomic mass is 16.5. The van der Waals surface area contributed by atoms with Crippen molar-refractivity contribution in [2.75, 3.05) is 13.7 Å². The van der Waals surface area contributed by atoms with Gasteiger partial charge in [0.15, 0.2) is 5.69 Å². The number of benzene rings is 2. The maximum Gasteiger partial charge on any atom is 0.273 e. The van der Waals surface area contributed by atoms with Gasteiger partial charge in [0.2, 0.25) is 5.91 Å². The zero-order valence-electron chi connectivity index (χ0n) is 16.4. The maximum absolute atomic E-state index is 12.4. The molecule has 0 aliphatic heterocycles. The number of nitrogens with one attached hydrogen (secondary N) is 2. The van der Waals surface area contributed by atoms with Crippen molar-refractivity contribution < 1.29 is 14.3 Å². The Kier molecular flexibility index (Phi) is 6.57. The monoisotopic (exact) mass is 393 g/mol. The second-order valence-corrected chi connectivity index (χ2v) is 6.40. The molecule has 0 aliphatic carbocycles. The molecule has 0 radical (unpaired) electrons. The summed E-state index contributed by atoms with van der Waals surface area (Å²) in [6.45, 7) is 2.44. The number of nitrogens with zero attached hydrogens (tertiary/aromatic N) is 3. The van der Waals surface area contributed by atoms with Gasteiger partial charge in [0.25, 0.3) is 5.91 Å². The van der Waals surface area contributed by atoms with Gasteiger partial charge in [-0.25, -0.2) is 4.68 Å². The molecule has 2 aromatic carbocycles. The van der Waals surface area contributed by atoms with Gasteiger partial charge >= 0.3 is 0 Å². The van der Waals surface area contributed by atoms with Crippen molar-refractivity contribution in [1.82, 2.24) is 25.6 Å². The number of carbonyl (C=O) groups excluding carboxylic acids is 2. The maximum atomic E-state index is 12.4. The molecule has 0 saturated carbocycles. The van der Waals surface area contributed by atoms with Crippen LogP contribution in [0.2, 0.25) is 0 Å². The number of hydrogen-bond acceptors (Lipinski definition) is 5. The fraction of sp³-hybridized carbons (Fsp3) is 0.238. The van der Waals surface area contributed by atoms with Gasteiger partial charge in [0, 0.05) is 25.6 Å². The lowest BCUT2D eigenvalue weighted by molar-refractivity contribution is -0.121. The summed E-state index contributed by atoms with van der Waals surface area (Å²) < 4.78 is 6.79. The van der Waals surface area contributed by atoms with Crippen LogP contribution in [0.1, 0.15) is 28.2 Å². The van der Waals surface area contributed by atoms with E-state index in [9.17, 15) is 9.59 Å². The van der Waals surface area contributed by atoms with Crippen LogP contribution in [0.25, 0.3) is 5.69 Å². The van der Waals surface area contributed by atoms with E-state index < -0.39 is 0 Å². The Labute approximate surface area is 168 Å². The Morgan fingerprint density at radius 3 is 2.62 bits per heavy atom. The Hall–Kier alpha value is -3.68. The lowest BCUT2D eigenvalue weighted by atomic mass is 10.2. The zero-order valence-corrected chi connectivity index (χ0v) is 16.4. The first-order valence-electron chi connectivity index (χ1n) is 9.24. The second-order valence-electron chi connectivity index (χ2n) is 6.40. The number of carbonyl (C=O) groups is 2. The molecule has 1 heterocycles. The Morgan fingerprint density at radius 2 is 1.86 bits per heavy atom. The molecule has 29 heavy (non-hydrogen) atoms. The molecule has 3 rings (SSSR count). The predicted molar refractivity (Wildman–Crippen MR) is 108 cm³/mol. The fourth-order valence-corrected chi connectivity index (χ4v) is 2.78. The minimum Gasteiger partial charge on any atom is -0.497 e. The number of methoxy groups -OCH3 is 1. The van der Waals surface area contributed by atoms with Crippen LogP contribution < -0.4 is 15.4 Å². The topological polar surface area (TPSA) is 98.1 Å². The second kappa shape index (κ2) is 9.50. The fourth-order valence-electron chi connectivity index (χ4n) is 2.78. The number of aromatic nitrogens is 3. The first-order valence-corrected chi connectivity index (χ1v) is 9.24. The molecular weight excluding hydrogens is 370 g/mol. The molecule has 2 N–H and O–H groups in total. The van der Waals surface area contributed by atoms with Crippen LogP contribution >= 0.6 is 0 Å². The SMILES string of the molecule is COc1cccc(-n2nnc(C(=O)NCCC(=O)NCc3ccccc3)c2C)c1. The van der Waals surface area contributed by atoms with E-state index in [4.69, 9.17) is 4.74 Å². The van der Waals surface area contributed by atoms with Crippen molar-refractivity contribution in [2.45, 2.75) is 19.9 Å². The summed E-state index contributed by atoms with van der Waals surface area (Å²) in [5, 5.41) is 13.6. The van der Waals surface area contributed by atoms with Gasteiger partial charge in [-0.15, -0.1) is 5.10 Å². The summed E-state index contributed by atoms with van der Waals surface area (Å²) in [5.41, 5.74) is 2.59. The van der Waals surface area contributed by atoms with Gasteiger partial charge in [-0.1, -0.05) is 41.6 Å². The Bertz CT molecular complexity index is 985. The van der Waals surface area contributed by atoms with Crippen molar-refractivity contribution in [3.05, 3.63) is 71.5 Å². The molecular formula is C21H23N5O3. The third-order valence-electron chi connectivity index (χ3n) is 4.38. The van der Waals surface area contributed by atoms with Crippen molar-refractivity contribution in [2.24, 2.45) is 0 Å². The van der Waals surface area contributed by atoms with E-state index in [0.29, 0.717) is 18.0 Å². The number of amides is 2. The summed E-state index contributed by atoms with van der Waals surface area (Å²) in [6, 6.07) is 17.0. The first-order chi connectivity index (χ1) is 14.1. The van der Waals surface area contributed by atoms with Crippen LogP contribution in [0.3, 0.4) is 0 Å². The van der Waals surface area contributed by atoms with Crippen LogP contribution in [0.4, 0.5) is 0 Å². The minimum absolute atomic E-state index is 0.133. The van der Waals surface area contributed by atoms with Gasteiger partial charge in [-0.3, -0.25) is 9.59 Å². The van der Waals surface area contributed by atoms with Crippen LogP contribution in [0, 0.1) is 6.92 Å². The van der Waals surface area contributed by atoms with Gasteiger partial charge in [0.05, 0.1) is 18.5 Å². The molecule has 1 aromatic heterocycles. The minimum atomic E-state index is -0.368. The summed E-state index contributed by atoms with van der Waals surface area (Å²) in [6.07, 6.45) is 0.182. The Balaban J connectivity index is 1.52. The average molecular weight is 393 g/mol. The summed E-state index contributed by atoms with van der Waals surface area (Å²) in [7, 11) is 1.59. The largest absolute Gasteiger partial charge is 0.497 e. The van der Waals surface area contributed by atoms with Crippen LogP contribution in [0.15, 0.2) is 54.6 Å². The van der Waals surface area contributed by atoms with E-state index in [1.165, 1.54) is 0 Å². The highest BCUT2D eigenvalue weighted by molar-refractivity contribution is 5.93. The van der Waals surface area contributed by atoms with Crippen LogP contribution in [-0.4, -0.2) is 40.5 Å². The third kappa shape index (κ3) is 5.19. The lowest BCUT2D eigenvalue weighted by Crippen LogP contribution is -2.31. The van der Waals surface area contributed by atoms with Gasteiger partial charge < -0.3 is 15.4 Å². The summed E-state index contributed by atoms with van der Waals surface area (Å²) in [5.74, 6) is 0.184. The zero-order chi connectivity index (χ0) is 20.6. The number of rotatable bonds is 8. The molecule has 0 unspecified atom stereocenters. The predicted octanol–water partition coefficient (Wildman–Crippen LogP) is 2.02. The number of ether oxygens (including phenoxy) is 1. The van der Waals surface area contributed by atoms with E-state index in [1.54, 1.807) is 24.8 Å². The van der Waals surface area contributed by atoms with Crippen molar-refractivity contribution in [3.63, 3.8) is 0 Å². The smallest absolute Gasteiger partial charge is 0.273 e. The van der Waals surface area contributed by atoms with E-state index in [0.717, 1.165) is 11.3 Å². The Morgan fingerprint density at radius 1 is 1.07 bits per heavy atom. The van der Waals surface area contributed by atoms with Crippen LogP contribution in [-0.2, 0) is 11.3 Å². The summed E-state index contributed by atoms with van der Waals surface area (Å²) >= 11 is 0. The van der Waals surface area contributed by atoms with E-state index in [2.05, 4.69) is 20.9 Å². The van der Waals surface area contributed by atoms with E-state index in [-0.39, 0.29) is 30.5 Å². The molecule has 2 amide bonds. The molecule has 8 heteroatoms. The normalized spacial score (nSPS) is 10.4.